The minimum Gasteiger partial charge on any atom is -0.326 e. The Morgan fingerprint density at radius 3 is 2.73 bits per heavy atom. The first-order valence-corrected chi connectivity index (χ1v) is 9.18. The number of rotatable bonds is 4. The van der Waals surface area contributed by atoms with E-state index in [-0.39, 0.29) is 0 Å². The third kappa shape index (κ3) is 3.67. The van der Waals surface area contributed by atoms with Gasteiger partial charge in [0, 0.05) is 30.1 Å². The molecule has 0 bridgehead atoms. The van der Waals surface area contributed by atoms with Crippen LogP contribution < -0.4 is 5.73 Å². The lowest BCUT2D eigenvalue weighted by atomic mass is 9.65. The van der Waals surface area contributed by atoms with E-state index in [1.165, 1.54) is 37.7 Å². The number of likely N-dealkylation sites (tertiary alicyclic amines) is 1. The van der Waals surface area contributed by atoms with Crippen LogP contribution in [0, 0.1) is 5.41 Å². The molecule has 122 valence electrons. The highest BCUT2D eigenvalue weighted by molar-refractivity contribution is 6.30. The molecule has 22 heavy (non-hydrogen) atoms. The van der Waals surface area contributed by atoms with Gasteiger partial charge in [0.05, 0.1) is 0 Å². The second-order valence-corrected chi connectivity index (χ2v) is 8.07. The third-order valence-corrected chi connectivity index (χ3v) is 6.07. The molecule has 1 aliphatic carbocycles. The van der Waals surface area contributed by atoms with Crippen LogP contribution in [0.15, 0.2) is 24.3 Å². The normalized spacial score (nSPS) is 27.0. The van der Waals surface area contributed by atoms with Crippen molar-refractivity contribution in [3.05, 3.63) is 34.9 Å². The van der Waals surface area contributed by atoms with E-state index in [1.54, 1.807) is 0 Å². The predicted molar refractivity (Wildman–Crippen MR) is 94.4 cm³/mol. The lowest BCUT2D eigenvalue weighted by Gasteiger charge is -2.43. The van der Waals surface area contributed by atoms with Crippen molar-refractivity contribution in [2.75, 3.05) is 19.6 Å². The van der Waals surface area contributed by atoms with Crippen molar-refractivity contribution in [3.8, 4) is 0 Å². The molecule has 0 unspecified atom stereocenters. The zero-order valence-corrected chi connectivity index (χ0v) is 14.5. The Kier molecular flexibility index (Phi) is 5.11. The monoisotopic (exact) mass is 320 g/mol. The molecule has 3 heteroatoms. The highest BCUT2D eigenvalue weighted by Crippen LogP contribution is 2.47. The predicted octanol–water partition coefficient (Wildman–Crippen LogP) is 4.43. The molecule has 1 aromatic carbocycles. The van der Waals surface area contributed by atoms with E-state index < -0.39 is 0 Å². The Morgan fingerprint density at radius 1 is 1.32 bits per heavy atom. The molecular weight excluding hydrogens is 292 g/mol. The van der Waals surface area contributed by atoms with Gasteiger partial charge in [0.1, 0.15) is 0 Å². The van der Waals surface area contributed by atoms with Crippen molar-refractivity contribution >= 4 is 11.6 Å². The van der Waals surface area contributed by atoms with Crippen LogP contribution >= 0.6 is 11.6 Å². The highest BCUT2D eigenvalue weighted by Gasteiger charge is 2.38. The van der Waals surface area contributed by atoms with E-state index in [9.17, 15) is 0 Å². The largest absolute Gasteiger partial charge is 0.326 e. The molecular formula is C19H29ClN2. The number of nitrogens with zero attached hydrogens (tertiary/aromatic N) is 1. The molecule has 3 rings (SSSR count). The van der Waals surface area contributed by atoms with E-state index in [4.69, 9.17) is 17.3 Å². The van der Waals surface area contributed by atoms with Crippen molar-refractivity contribution < 1.29 is 0 Å². The average Bonchev–Trinajstić information content (AvgIpc) is 2.91. The lowest BCUT2D eigenvalue weighted by Crippen LogP contribution is -2.38. The molecule has 0 amide bonds. The Hall–Kier alpha value is -0.570. The summed E-state index contributed by atoms with van der Waals surface area (Å²) in [5, 5.41) is 0.861. The lowest BCUT2D eigenvalue weighted by molar-refractivity contribution is 0.135. The Labute approximate surface area is 140 Å². The highest BCUT2D eigenvalue weighted by atomic mass is 35.5. The van der Waals surface area contributed by atoms with Gasteiger partial charge in [-0.3, -0.25) is 0 Å². The van der Waals surface area contributed by atoms with Gasteiger partial charge in [-0.05, 0) is 48.9 Å². The fourth-order valence-electron chi connectivity index (χ4n) is 4.45. The molecule has 1 heterocycles. The zero-order valence-electron chi connectivity index (χ0n) is 13.7. The van der Waals surface area contributed by atoms with Crippen LogP contribution in [0.25, 0.3) is 0 Å². The first-order chi connectivity index (χ1) is 10.6. The Morgan fingerprint density at radius 2 is 2.09 bits per heavy atom. The summed E-state index contributed by atoms with van der Waals surface area (Å²) < 4.78 is 0. The van der Waals surface area contributed by atoms with Gasteiger partial charge in [-0.15, -0.1) is 0 Å². The van der Waals surface area contributed by atoms with Crippen molar-refractivity contribution in [1.82, 2.24) is 4.90 Å². The van der Waals surface area contributed by atoms with Crippen LogP contribution in [-0.2, 0) is 0 Å². The van der Waals surface area contributed by atoms with Crippen LogP contribution in [0.4, 0.5) is 0 Å². The minimum absolute atomic E-state index is 0.360. The second-order valence-electron chi connectivity index (χ2n) is 7.63. The summed E-state index contributed by atoms with van der Waals surface area (Å²) in [5.74, 6) is 0.566. The minimum atomic E-state index is 0.360. The quantitative estimate of drug-likeness (QED) is 0.889. The molecule has 0 aromatic heterocycles. The van der Waals surface area contributed by atoms with Crippen LogP contribution in [0.5, 0.6) is 0 Å². The Balaban J connectivity index is 1.84. The maximum Gasteiger partial charge on any atom is 0.0408 e. The van der Waals surface area contributed by atoms with E-state index in [0.717, 1.165) is 31.1 Å². The van der Waals surface area contributed by atoms with Crippen molar-refractivity contribution in [2.24, 2.45) is 11.1 Å². The van der Waals surface area contributed by atoms with Gasteiger partial charge in [-0.2, -0.15) is 0 Å². The molecule has 0 radical (unpaired) electrons. The second kappa shape index (κ2) is 6.90. The van der Waals surface area contributed by atoms with Gasteiger partial charge in [0.25, 0.3) is 0 Å². The summed E-state index contributed by atoms with van der Waals surface area (Å²) in [6, 6.07) is 8.90. The molecule has 0 spiro atoms. The molecule has 2 nitrogen and oxygen atoms in total. The van der Waals surface area contributed by atoms with E-state index >= 15 is 0 Å². The summed E-state index contributed by atoms with van der Waals surface area (Å²) in [6.45, 7) is 5.82. The van der Waals surface area contributed by atoms with Crippen LogP contribution in [0.1, 0.15) is 56.9 Å². The summed E-state index contributed by atoms with van der Waals surface area (Å²) >= 11 is 6.28. The van der Waals surface area contributed by atoms with Crippen LogP contribution in [0.3, 0.4) is 0 Å². The van der Waals surface area contributed by atoms with Crippen LogP contribution in [-0.4, -0.2) is 30.6 Å². The average molecular weight is 321 g/mol. The fourth-order valence-corrected chi connectivity index (χ4v) is 4.64. The SMILES string of the molecule is CC1([C@H](CN2CC[C@H](N)C2)c2cccc(Cl)c2)CCCCC1. The number of halogens is 1. The van der Waals surface area contributed by atoms with Gasteiger partial charge in [-0.1, -0.05) is 49.9 Å². The van der Waals surface area contributed by atoms with E-state index in [1.807, 2.05) is 6.07 Å². The molecule has 2 aliphatic rings. The summed E-state index contributed by atoms with van der Waals surface area (Å²) in [4.78, 5) is 2.57. The molecule has 1 aliphatic heterocycles. The van der Waals surface area contributed by atoms with Gasteiger partial charge in [0.15, 0.2) is 0 Å². The zero-order chi connectivity index (χ0) is 15.6. The maximum atomic E-state index is 6.28. The molecule has 2 fully saturated rings. The molecule has 1 aromatic rings. The molecule has 1 saturated heterocycles. The van der Waals surface area contributed by atoms with Crippen molar-refractivity contribution in [3.63, 3.8) is 0 Å². The van der Waals surface area contributed by atoms with Gasteiger partial charge in [0.2, 0.25) is 0 Å². The van der Waals surface area contributed by atoms with Gasteiger partial charge >= 0.3 is 0 Å². The molecule has 2 N–H and O–H groups in total. The number of hydrogen-bond donors (Lipinski definition) is 1. The van der Waals surface area contributed by atoms with Crippen molar-refractivity contribution in [1.29, 1.82) is 0 Å². The maximum absolute atomic E-state index is 6.28. The number of hydrogen-bond acceptors (Lipinski definition) is 2. The topological polar surface area (TPSA) is 29.3 Å². The molecule has 1 saturated carbocycles. The van der Waals surface area contributed by atoms with E-state index in [0.29, 0.717) is 17.4 Å². The summed E-state index contributed by atoms with van der Waals surface area (Å²) in [5.41, 5.74) is 7.92. The summed E-state index contributed by atoms with van der Waals surface area (Å²) in [6.07, 6.45) is 7.94. The molecule has 2 atom stereocenters. The van der Waals surface area contributed by atoms with E-state index in [2.05, 4.69) is 30.0 Å². The van der Waals surface area contributed by atoms with Gasteiger partial charge < -0.3 is 10.6 Å². The third-order valence-electron chi connectivity index (χ3n) is 5.84. The number of benzene rings is 1. The first-order valence-electron chi connectivity index (χ1n) is 8.80. The van der Waals surface area contributed by atoms with Gasteiger partial charge in [-0.25, -0.2) is 0 Å². The number of nitrogens with two attached hydrogens (primary N) is 1. The fraction of sp³-hybridized carbons (Fsp3) is 0.684. The smallest absolute Gasteiger partial charge is 0.0408 e. The summed E-state index contributed by atoms with van der Waals surface area (Å²) in [7, 11) is 0. The van der Waals surface area contributed by atoms with Crippen molar-refractivity contribution in [2.45, 2.75) is 57.4 Å². The first kappa shape index (κ1) is 16.3. The van der Waals surface area contributed by atoms with Crippen LogP contribution in [0.2, 0.25) is 5.02 Å². The standard InChI is InChI=1S/C19H29ClN2/c1-19(9-3-2-4-10-19)18(14-22-11-8-17(21)13-22)15-6-5-7-16(20)12-15/h5-7,12,17-18H,2-4,8-11,13-14,21H2,1H3/t17-,18+/m0/s1. The Bertz CT molecular complexity index is 496.